The van der Waals surface area contributed by atoms with Gasteiger partial charge in [-0.05, 0) is 6.07 Å². The topological polar surface area (TPSA) is 263 Å². The van der Waals surface area contributed by atoms with Gasteiger partial charge in [0.05, 0.1) is 12.9 Å². The first kappa shape index (κ1) is 24.4. The zero-order chi connectivity index (χ0) is 23.2. The average molecular weight is 461 g/mol. The van der Waals surface area contributed by atoms with Gasteiger partial charge in [-0.15, -0.1) is 0 Å². The molecule has 0 aliphatic carbocycles. The molecule has 31 heavy (non-hydrogen) atoms. The van der Waals surface area contributed by atoms with E-state index >= 15 is 0 Å². The normalized spacial score (nSPS) is 22.9. The molecule has 1 aliphatic rings. The summed E-state index contributed by atoms with van der Waals surface area (Å²) in [5, 5.41) is 28.7. The van der Waals surface area contributed by atoms with Crippen molar-refractivity contribution in [3.63, 3.8) is 0 Å². The highest BCUT2D eigenvalue weighted by Crippen LogP contribution is 2.30. The van der Waals surface area contributed by atoms with Crippen LogP contribution in [0.3, 0.4) is 0 Å². The van der Waals surface area contributed by atoms with Crippen LogP contribution in [0.15, 0.2) is 35.9 Å². The molecule has 3 aromatic heterocycles. The van der Waals surface area contributed by atoms with Crippen LogP contribution in [-0.4, -0.2) is 84.4 Å². The summed E-state index contributed by atoms with van der Waals surface area (Å²) < 4.78 is 15.5. The number of nitrogens with two attached hydrogens (primary N) is 1. The number of nitrogen functional groups attached to an aromatic ring is 1. The smallest absolute Gasteiger partial charge is 0.394 e. The Kier molecular flexibility index (Phi) is 8.26. The van der Waals surface area contributed by atoms with Crippen molar-refractivity contribution in [2.75, 3.05) is 12.3 Å². The van der Waals surface area contributed by atoms with E-state index in [2.05, 4.69) is 24.9 Å². The number of anilines is 1. The van der Waals surface area contributed by atoms with Crippen LogP contribution in [0.1, 0.15) is 6.23 Å². The Balaban J connectivity index is 0.000000255. The number of nitrogens with one attached hydrogen (secondary N) is 1. The van der Waals surface area contributed by atoms with Gasteiger partial charge in [0.25, 0.3) is 5.56 Å². The Morgan fingerprint density at radius 3 is 2.26 bits per heavy atom. The number of fused-ring (bicyclic) bond motifs is 1. The van der Waals surface area contributed by atoms with Gasteiger partial charge in [-0.1, -0.05) is 0 Å². The van der Waals surface area contributed by atoms with Crippen LogP contribution < -0.4 is 11.3 Å². The zero-order valence-electron chi connectivity index (χ0n) is 15.6. The van der Waals surface area contributed by atoms with Crippen molar-refractivity contribution in [3.05, 3.63) is 41.5 Å². The first-order valence-corrected chi connectivity index (χ1v) is 9.92. The fourth-order valence-corrected chi connectivity index (χ4v) is 2.49. The molecule has 9 N–H and O–H groups in total. The number of aromatic amines is 1. The number of imidazole rings is 1. The predicted molar refractivity (Wildman–Crippen MR) is 102 cm³/mol. The third-order valence-electron chi connectivity index (χ3n) is 3.72. The van der Waals surface area contributed by atoms with E-state index in [-0.39, 0.29) is 17.1 Å². The van der Waals surface area contributed by atoms with Crippen molar-refractivity contribution in [3.8, 4) is 0 Å². The van der Waals surface area contributed by atoms with Crippen molar-refractivity contribution in [1.29, 1.82) is 0 Å². The van der Waals surface area contributed by atoms with Crippen LogP contribution in [0.5, 0.6) is 0 Å². The van der Waals surface area contributed by atoms with Gasteiger partial charge in [0.15, 0.2) is 17.4 Å². The number of ether oxygens (including phenoxy) is 1. The van der Waals surface area contributed by atoms with Gasteiger partial charge in [0.1, 0.15) is 24.6 Å². The van der Waals surface area contributed by atoms with Crippen molar-refractivity contribution < 1.29 is 39.3 Å². The van der Waals surface area contributed by atoms with Gasteiger partial charge < -0.3 is 40.5 Å². The number of aromatic nitrogens is 6. The SMILES string of the molecule is Nc1nc2c(ncn2[C@@H]2O[C@H](CO)[C@@H](O)[C@H]2O)c(=O)[nH]1.O=P(O)(O)O.c1cncnc1. The van der Waals surface area contributed by atoms with Crippen molar-refractivity contribution in [1.82, 2.24) is 29.5 Å². The fraction of sp³-hybridized carbons (Fsp3) is 0.357. The summed E-state index contributed by atoms with van der Waals surface area (Å²) in [6.45, 7) is -0.447. The monoisotopic (exact) mass is 461 g/mol. The number of phosphoric acid groups is 1. The van der Waals surface area contributed by atoms with E-state index in [0.29, 0.717) is 0 Å². The number of H-pyrrole nitrogens is 1. The lowest BCUT2D eigenvalue weighted by Gasteiger charge is -2.16. The first-order valence-electron chi connectivity index (χ1n) is 8.36. The number of aliphatic hydroxyl groups is 3. The standard InChI is InChI=1S/C10H13N5O5.C4H4N2.H3O4P/c11-10-13-7-4(8(19)14-10)12-2-15(7)9-6(18)5(17)3(1-16)20-9;1-2-5-4-6-3-1;1-5(2,3)4/h2-3,5-6,9,16-18H,1H2,(H3,11,13,14,19);1-4H;(H3,1,2,3,4)/t3-,5-,6-,9-;;/m1../s1. The molecule has 1 aliphatic heterocycles. The molecule has 0 saturated carbocycles. The van der Waals surface area contributed by atoms with Crippen LogP contribution in [0.4, 0.5) is 5.95 Å². The molecule has 4 heterocycles. The molecule has 0 amide bonds. The third-order valence-corrected chi connectivity index (χ3v) is 3.72. The second-order valence-electron chi connectivity index (χ2n) is 5.92. The average Bonchev–Trinajstić information content (AvgIpc) is 3.24. The van der Waals surface area contributed by atoms with E-state index in [1.54, 1.807) is 18.5 Å². The molecular formula is C14H20N7O9P. The van der Waals surface area contributed by atoms with E-state index in [4.69, 9.17) is 34.8 Å². The summed E-state index contributed by atoms with van der Waals surface area (Å²) in [5.74, 6) is -0.101. The van der Waals surface area contributed by atoms with Crippen LogP contribution in [-0.2, 0) is 9.30 Å². The summed E-state index contributed by atoms with van der Waals surface area (Å²) in [6.07, 6.45) is 1.66. The van der Waals surface area contributed by atoms with Gasteiger partial charge >= 0.3 is 7.82 Å². The highest BCUT2D eigenvalue weighted by Gasteiger charge is 2.44. The Morgan fingerprint density at radius 1 is 1.19 bits per heavy atom. The van der Waals surface area contributed by atoms with E-state index in [0.717, 1.165) is 0 Å². The predicted octanol–water partition coefficient (Wildman–Crippen LogP) is -3.14. The third kappa shape index (κ3) is 6.84. The number of nitrogens with zero attached hydrogens (tertiary/aromatic N) is 5. The Morgan fingerprint density at radius 2 is 1.81 bits per heavy atom. The number of aliphatic hydroxyl groups excluding tert-OH is 3. The minimum Gasteiger partial charge on any atom is -0.394 e. The summed E-state index contributed by atoms with van der Waals surface area (Å²) >= 11 is 0. The Hall–Kier alpha value is -2.82. The van der Waals surface area contributed by atoms with Crippen molar-refractivity contribution in [2.24, 2.45) is 0 Å². The maximum Gasteiger partial charge on any atom is 0.466 e. The lowest BCUT2D eigenvalue weighted by molar-refractivity contribution is -0.0511. The molecule has 1 saturated heterocycles. The minimum atomic E-state index is -4.64. The summed E-state index contributed by atoms with van der Waals surface area (Å²) in [7, 11) is -4.64. The highest BCUT2D eigenvalue weighted by molar-refractivity contribution is 7.45. The Bertz CT molecular complexity index is 1040. The molecule has 0 bridgehead atoms. The van der Waals surface area contributed by atoms with E-state index < -0.39 is 44.5 Å². The van der Waals surface area contributed by atoms with Gasteiger partial charge in [0, 0.05) is 12.4 Å². The molecule has 1 fully saturated rings. The quantitative estimate of drug-likeness (QED) is 0.175. The summed E-state index contributed by atoms with van der Waals surface area (Å²) in [6, 6.07) is 1.78. The first-order chi connectivity index (χ1) is 14.5. The molecular weight excluding hydrogens is 441 g/mol. The van der Waals surface area contributed by atoms with E-state index in [9.17, 15) is 15.0 Å². The van der Waals surface area contributed by atoms with Crippen LogP contribution >= 0.6 is 7.82 Å². The van der Waals surface area contributed by atoms with Gasteiger partial charge in [-0.25, -0.2) is 19.5 Å². The van der Waals surface area contributed by atoms with Crippen LogP contribution in [0, 0.1) is 0 Å². The van der Waals surface area contributed by atoms with Crippen LogP contribution in [0.2, 0.25) is 0 Å². The van der Waals surface area contributed by atoms with E-state index in [1.165, 1.54) is 17.2 Å². The lowest BCUT2D eigenvalue weighted by atomic mass is 10.1. The minimum absolute atomic E-state index is 0.0388. The second kappa shape index (κ2) is 10.5. The van der Waals surface area contributed by atoms with Crippen molar-refractivity contribution >= 4 is 24.9 Å². The molecule has 170 valence electrons. The highest BCUT2D eigenvalue weighted by atomic mass is 31.2. The molecule has 0 aromatic carbocycles. The fourth-order valence-electron chi connectivity index (χ4n) is 2.49. The zero-order valence-corrected chi connectivity index (χ0v) is 16.5. The molecule has 4 atom stereocenters. The molecule has 0 unspecified atom stereocenters. The maximum atomic E-state index is 11.7. The maximum absolute atomic E-state index is 11.7. The lowest BCUT2D eigenvalue weighted by Crippen LogP contribution is -2.33. The molecule has 0 spiro atoms. The van der Waals surface area contributed by atoms with Gasteiger partial charge in [-0.3, -0.25) is 14.3 Å². The van der Waals surface area contributed by atoms with Crippen LogP contribution in [0.25, 0.3) is 11.2 Å². The summed E-state index contributed by atoms with van der Waals surface area (Å²) in [4.78, 5) is 50.7. The second-order valence-corrected chi connectivity index (χ2v) is 6.95. The number of rotatable bonds is 2. The van der Waals surface area contributed by atoms with Gasteiger partial charge in [-0.2, -0.15) is 4.98 Å². The molecule has 3 aromatic rings. The Labute approximate surface area is 172 Å². The number of hydrogen-bond donors (Lipinski definition) is 8. The van der Waals surface area contributed by atoms with Gasteiger partial charge in [0.2, 0.25) is 5.95 Å². The molecule has 17 heteroatoms. The van der Waals surface area contributed by atoms with Crippen molar-refractivity contribution in [2.45, 2.75) is 24.5 Å². The number of hydrogen-bond acceptors (Lipinski definition) is 11. The largest absolute Gasteiger partial charge is 0.466 e. The summed E-state index contributed by atoms with van der Waals surface area (Å²) in [5.41, 5.74) is 5.12. The molecule has 0 radical (unpaired) electrons. The molecule has 16 nitrogen and oxygen atoms in total. The molecule has 4 rings (SSSR count). The van der Waals surface area contributed by atoms with E-state index in [1.807, 2.05) is 0 Å².